The van der Waals surface area contributed by atoms with Crippen molar-refractivity contribution in [1.82, 2.24) is 14.8 Å². The monoisotopic (exact) mass is 375 g/mol. The molecule has 0 unspecified atom stereocenters. The lowest BCUT2D eigenvalue weighted by Crippen LogP contribution is -2.48. The molecule has 0 N–H and O–H groups in total. The number of hydrogen-bond donors (Lipinski definition) is 0. The van der Waals surface area contributed by atoms with Crippen molar-refractivity contribution in [3.05, 3.63) is 52.8 Å². The maximum atomic E-state index is 12.5. The van der Waals surface area contributed by atoms with Crippen LogP contribution in [0.1, 0.15) is 15.9 Å². The highest BCUT2D eigenvalue weighted by Crippen LogP contribution is 2.25. The Hall–Kier alpha value is -2.31. The molecule has 1 fully saturated rings. The highest BCUT2D eigenvalue weighted by Gasteiger charge is 2.23. The number of amides is 1. The summed E-state index contributed by atoms with van der Waals surface area (Å²) in [6.07, 6.45) is 1.53. The number of carbonyl (C=O) groups is 1. The van der Waals surface area contributed by atoms with Crippen LogP contribution in [0.4, 0.5) is 0 Å². The van der Waals surface area contributed by atoms with Gasteiger partial charge < -0.3 is 14.4 Å². The quantitative estimate of drug-likeness (QED) is 0.752. The normalized spacial score (nSPS) is 15.0. The van der Waals surface area contributed by atoms with Gasteiger partial charge in [0.15, 0.2) is 0 Å². The predicted molar refractivity (Wildman–Crippen MR) is 100.0 cm³/mol. The molecule has 7 heteroatoms. The highest BCUT2D eigenvalue weighted by molar-refractivity contribution is 6.29. The van der Waals surface area contributed by atoms with Crippen LogP contribution in [0.3, 0.4) is 0 Å². The van der Waals surface area contributed by atoms with Gasteiger partial charge in [-0.3, -0.25) is 9.69 Å². The summed E-state index contributed by atoms with van der Waals surface area (Å²) in [6, 6.07) is 9.15. The first-order valence-electron chi connectivity index (χ1n) is 8.45. The van der Waals surface area contributed by atoms with E-state index in [0.717, 1.165) is 36.7 Å². The van der Waals surface area contributed by atoms with Gasteiger partial charge >= 0.3 is 0 Å². The second kappa shape index (κ2) is 8.38. The molecule has 0 aliphatic carbocycles. The lowest BCUT2D eigenvalue weighted by Gasteiger charge is -2.35. The number of carbonyl (C=O) groups excluding carboxylic acids is 1. The van der Waals surface area contributed by atoms with Crippen LogP contribution in [0.25, 0.3) is 0 Å². The minimum absolute atomic E-state index is 0.00669. The van der Waals surface area contributed by atoms with Crippen molar-refractivity contribution in [2.75, 3.05) is 40.4 Å². The van der Waals surface area contributed by atoms with Gasteiger partial charge in [0.05, 0.1) is 19.8 Å². The lowest BCUT2D eigenvalue weighted by atomic mass is 10.1. The third-order valence-electron chi connectivity index (χ3n) is 4.52. The van der Waals surface area contributed by atoms with E-state index in [2.05, 4.69) is 9.88 Å². The topological polar surface area (TPSA) is 54.9 Å². The molecule has 2 aromatic rings. The van der Waals surface area contributed by atoms with Crippen LogP contribution in [0.2, 0.25) is 5.15 Å². The Kier molecular flexibility index (Phi) is 5.96. The number of pyridine rings is 1. The molecule has 26 heavy (non-hydrogen) atoms. The van der Waals surface area contributed by atoms with E-state index >= 15 is 0 Å². The Morgan fingerprint density at radius 2 is 1.88 bits per heavy atom. The van der Waals surface area contributed by atoms with E-state index in [9.17, 15) is 4.79 Å². The fourth-order valence-electron chi connectivity index (χ4n) is 3.04. The second-order valence-corrected chi connectivity index (χ2v) is 6.50. The summed E-state index contributed by atoms with van der Waals surface area (Å²) in [6.45, 7) is 3.70. The van der Waals surface area contributed by atoms with Crippen molar-refractivity contribution >= 4 is 17.5 Å². The van der Waals surface area contributed by atoms with Crippen molar-refractivity contribution in [2.24, 2.45) is 0 Å². The molecule has 0 saturated carbocycles. The summed E-state index contributed by atoms with van der Waals surface area (Å²) >= 11 is 5.78. The average molecular weight is 376 g/mol. The van der Waals surface area contributed by atoms with Crippen molar-refractivity contribution in [3.8, 4) is 11.5 Å². The summed E-state index contributed by atoms with van der Waals surface area (Å²) in [5.41, 5.74) is 1.64. The number of halogens is 1. The number of methoxy groups -OCH3 is 2. The number of benzene rings is 1. The molecule has 0 spiro atoms. The van der Waals surface area contributed by atoms with Gasteiger partial charge in [-0.1, -0.05) is 11.6 Å². The summed E-state index contributed by atoms with van der Waals surface area (Å²) in [5, 5.41) is 0.388. The average Bonchev–Trinajstić information content (AvgIpc) is 2.68. The maximum absolute atomic E-state index is 12.5. The molecule has 0 radical (unpaired) electrons. The van der Waals surface area contributed by atoms with Crippen molar-refractivity contribution in [1.29, 1.82) is 0 Å². The zero-order chi connectivity index (χ0) is 18.5. The third kappa shape index (κ3) is 4.26. The molecule has 1 aliphatic rings. The van der Waals surface area contributed by atoms with Gasteiger partial charge in [0.2, 0.25) is 0 Å². The van der Waals surface area contributed by atoms with E-state index in [1.807, 2.05) is 23.1 Å². The molecule has 1 amide bonds. The SMILES string of the molecule is COc1ccc(OC)c(CN2CCN(C(=O)c3ccc(Cl)nc3)CC2)c1. The molecule has 138 valence electrons. The van der Waals surface area contributed by atoms with Gasteiger partial charge in [-0.2, -0.15) is 0 Å². The summed E-state index contributed by atoms with van der Waals surface area (Å²) in [4.78, 5) is 20.7. The van der Waals surface area contributed by atoms with E-state index in [1.165, 1.54) is 6.20 Å². The first kappa shape index (κ1) is 18.5. The molecule has 0 bridgehead atoms. The minimum atomic E-state index is -0.00669. The maximum Gasteiger partial charge on any atom is 0.255 e. The number of rotatable bonds is 5. The zero-order valence-electron chi connectivity index (χ0n) is 14.9. The van der Waals surface area contributed by atoms with E-state index in [1.54, 1.807) is 26.4 Å². The molecule has 1 aromatic carbocycles. The van der Waals surface area contributed by atoms with Crippen LogP contribution in [0.15, 0.2) is 36.5 Å². The number of ether oxygens (including phenoxy) is 2. The summed E-state index contributed by atoms with van der Waals surface area (Å²) in [7, 11) is 3.32. The number of nitrogens with zero attached hydrogens (tertiary/aromatic N) is 3. The summed E-state index contributed by atoms with van der Waals surface area (Å²) < 4.78 is 10.8. The van der Waals surface area contributed by atoms with Gasteiger partial charge in [0.25, 0.3) is 5.91 Å². The number of hydrogen-bond acceptors (Lipinski definition) is 5. The fraction of sp³-hybridized carbons (Fsp3) is 0.368. The van der Waals surface area contributed by atoms with Crippen LogP contribution >= 0.6 is 11.6 Å². The van der Waals surface area contributed by atoms with E-state index in [4.69, 9.17) is 21.1 Å². The van der Waals surface area contributed by atoms with Gasteiger partial charge in [-0.25, -0.2) is 4.98 Å². The van der Waals surface area contributed by atoms with Gasteiger partial charge in [-0.15, -0.1) is 0 Å². The largest absolute Gasteiger partial charge is 0.497 e. The number of aromatic nitrogens is 1. The Morgan fingerprint density at radius 1 is 1.12 bits per heavy atom. The van der Waals surface area contributed by atoms with Gasteiger partial charge in [-0.05, 0) is 30.3 Å². The van der Waals surface area contributed by atoms with E-state index in [0.29, 0.717) is 23.8 Å². The summed E-state index contributed by atoms with van der Waals surface area (Å²) in [5.74, 6) is 1.65. The van der Waals surface area contributed by atoms with E-state index in [-0.39, 0.29) is 5.91 Å². The molecule has 3 rings (SSSR count). The molecular formula is C19H22ClN3O3. The Bertz CT molecular complexity index is 759. The first-order valence-corrected chi connectivity index (χ1v) is 8.82. The Morgan fingerprint density at radius 3 is 2.50 bits per heavy atom. The second-order valence-electron chi connectivity index (χ2n) is 6.12. The van der Waals surface area contributed by atoms with Gasteiger partial charge in [0.1, 0.15) is 16.7 Å². The fourth-order valence-corrected chi connectivity index (χ4v) is 3.15. The molecule has 1 aliphatic heterocycles. The van der Waals surface area contributed by atoms with Gasteiger partial charge in [0, 0.05) is 44.5 Å². The van der Waals surface area contributed by atoms with Crippen LogP contribution in [0.5, 0.6) is 11.5 Å². The molecule has 2 heterocycles. The standard InChI is InChI=1S/C19H22ClN3O3/c1-25-16-4-5-17(26-2)15(11-16)13-22-7-9-23(10-8-22)19(24)14-3-6-18(20)21-12-14/h3-6,11-12H,7-10,13H2,1-2H3. The van der Waals surface area contributed by atoms with Crippen LogP contribution in [-0.2, 0) is 6.54 Å². The van der Waals surface area contributed by atoms with Crippen molar-refractivity contribution in [2.45, 2.75) is 6.54 Å². The van der Waals surface area contributed by atoms with Crippen molar-refractivity contribution in [3.63, 3.8) is 0 Å². The minimum Gasteiger partial charge on any atom is -0.497 e. The Balaban J connectivity index is 1.60. The predicted octanol–water partition coefficient (Wildman–Crippen LogP) is 2.71. The number of piperazine rings is 1. The molecule has 6 nitrogen and oxygen atoms in total. The molecule has 0 atom stereocenters. The highest BCUT2D eigenvalue weighted by atomic mass is 35.5. The lowest BCUT2D eigenvalue weighted by molar-refractivity contribution is 0.0627. The first-order chi connectivity index (χ1) is 12.6. The third-order valence-corrected chi connectivity index (χ3v) is 4.74. The smallest absolute Gasteiger partial charge is 0.255 e. The molecular weight excluding hydrogens is 354 g/mol. The van der Waals surface area contributed by atoms with Crippen LogP contribution in [0, 0.1) is 0 Å². The Labute approximate surface area is 158 Å². The molecule has 1 aromatic heterocycles. The zero-order valence-corrected chi connectivity index (χ0v) is 15.7. The molecule has 1 saturated heterocycles. The van der Waals surface area contributed by atoms with E-state index < -0.39 is 0 Å². The van der Waals surface area contributed by atoms with Crippen molar-refractivity contribution < 1.29 is 14.3 Å². The van der Waals surface area contributed by atoms with Crippen LogP contribution in [-0.4, -0.2) is 61.1 Å². The van der Waals surface area contributed by atoms with Crippen LogP contribution < -0.4 is 9.47 Å².